The molecule has 4 nitrogen and oxygen atoms in total. The van der Waals surface area contributed by atoms with Gasteiger partial charge in [-0.3, -0.25) is 0 Å². The Morgan fingerprint density at radius 1 is 1.37 bits per heavy atom. The zero-order valence-electron chi connectivity index (χ0n) is 10.9. The second kappa shape index (κ2) is 6.30. The highest BCUT2D eigenvalue weighted by molar-refractivity contribution is 9.10. The summed E-state index contributed by atoms with van der Waals surface area (Å²) in [5.41, 5.74) is 5.40. The average molecular weight is 353 g/mol. The number of hydrogen-bond donors (Lipinski definition) is 2. The summed E-state index contributed by atoms with van der Waals surface area (Å²) in [4.78, 5) is -0.378. The van der Waals surface area contributed by atoms with Gasteiger partial charge in [0.05, 0.1) is 4.47 Å². The minimum absolute atomic E-state index is 0.0777. The lowest BCUT2D eigenvalue weighted by Crippen LogP contribution is -2.49. The van der Waals surface area contributed by atoms with Gasteiger partial charge in [-0.1, -0.05) is 19.9 Å². The SMILES string of the molecule is CCC(N)(CC)CNS(=O)(=O)c1cccc(Br)c1F. The molecule has 108 valence electrons. The maximum atomic E-state index is 13.8. The Balaban J connectivity index is 2.97. The molecule has 0 aliphatic carbocycles. The maximum absolute atomic E-state index is 13.8. The standard InChI is InChI=1S/C12H18BrFN2O2S/c1-3-12(15,4-2)8-16-19(17,18)10-7-5-6-9(13)11(10)14/h5-7,16H,3-4,8,15H2,1-2H3. The van der Waals surface area contributed by atoms with Crippen LogP contribution in [0.5, 0.6) is 0 Å². The molecular weight excluding hydrogens is 335 g/mol. The van der Waals surface area contributed by atoms with E-state index >= 15 is 0 Å². The van der Waals surface area contributed by atoms with E-state index in [1.54, 1.807) is 0 Å². The first-order chi connectivity index (χ1) is 8.75. The van der Waals surface area contributed by atoms with E-state index in [2.05, 4.69) is 20.7 Å². The van der Waals surface area contributed by atoms with Gasteiger partial charge in [-0.25, -0.2) is 17.5 Å². The van der Waals surface area contributed by atoms with Gasteiger partial charge >= 0.3 is 0 Å². The first-order valence-corrected chi connectivity index (χ1v) is 8.26. The lowest BCUT2D eigenvalue weighted by molar-refractivity contribution is 0.391. The summed E-state index contributed by atoms with van der Waals surface area (Å²) in [6.45, 7) is 3.85. The lowest BCUT2D eigenvalue weighted by atomic mass is 9.95. The minimum atomic E-state index is -3.90. The van der Waals surface area contributed by atoms with E-state index in [9.17, 15) is 12.8 Å². The van der Waals surface area contributed by atoms with Crippen LogP contribution in [0.4, 0.5) is 4.39 Å². The molecule has 3 N–H and O–H groups in total. The second-order valence-corrected chi connectivity index (χ2v) is 7.04. The van der Waals surface area contributed by atoms with E-state index in [1.807, 2.05) is 13.8 Å². The van der Waals surface area contributed by atoms with Crippen molar-refractivity contribution < 1.29 is 12.8 Å². The molecule has 0 saturated carbocycles. The smallest absolute Gasteiger partial charge is 0.243 e. The van der Waals surface area contributed by atoms with E-state index in [0.717, 1.165) is 0 Å². The van der Waals surface area contributed by atoms with Crippen LogP contribution in [0.25, 0.3) is 0 Å². The quantitative estimate of drug-likeness (QED) is 0.825. The van der Waals surface area contributed by atoms with E-state index in [4.69, 9.17) is 5.73 Å². The predicted octanol–water partition coefficient (Wildman–Crippen LogP) is 2.38. The molecule has 1 aromatic carbocycles. The molecular formula is C12H18BrFN2O2S. The van der Waals surface area contributed by atoms with Crippen molar-refractivity contribution in [1.29, 1.82) is 0 Å². The summed E-state index contributed by atoms with van der Waals surface area (Å²) < 4.78 is 40.4. The van der Waals surface area contributed by atoms with Crippen LogP contribution in [0.15, 0.2) is 27.6 Å². The molecule has 19 heavy (non-hydrogen) atoms. The van der Waals surface area contributed by atoms with Gasteiger partial charge in [0.2, 0.25) is 10.0 Å². The lowest BCUT2D eigenvalue weighted by Gasteiger charge is -2.26. The van der Waals surface area contributed by atoms with Crippen molar-refractivity contribution in [3.8, 4) is 0 Å². The molecule has 0 fully saturated rings. The van der Waals surface area contributed by atoms with Gasteiger partial charge in [0.25, 0.3) is 0 Å². The molecule has 0 heterocycles. The third kappa shape index (κ3) is 3.98. The van der Waals surface area contributed by atoms with Crippen LogP contribution in [-0.2, 0) is 10.0 Å². The van der Waals surface area contributed by atoms with Crippen LogP contribution in [0.3, 0.4) is 0 Å². The summed E-state index contributed by atoms with van der Waals surface area (Å²) in [6, 6.07) is 4.13. The van der Waals surface area contributed by atoms with Crippen molar-refractivity contribution in [3.05, 3.63) is 28.5 Å². The number of halogens is 2. The van der Waals surface area contributed by atoms with Gasteiger partial charge in [0, 0.05) is 12.1 Å². The van der Waals surface area contributed by atoms with Gasteiger partial charge in [0.15, 0.2) is 5.82 Å². The Hall–Kier alpha value is -0.500. The van der Waals surface area contributed by atoms with E-state index < -0.39 is 21.4 Å². The molecule has 7 heteroatoms. The largest absolute Gasteiger partial charge is 0.324 e. The Morgan fingerprint density at radius 3 is 2.47 bits per heavy atom. The normalized spacial score (nSPS) is 12.7. The second-order valence-electron chi connectivity index (χ2n) is 4.45. The molecule has 0 aliphatic rings. The van der Waals surface area contributed by atoms with E-state index in [-0.39, 0.29) is 15.9 Å². The fourth-order valence-corrected chi connectivity index (χ4v) is 3.24. The number of hydrogen-bond acceptors (Lipinski definition) is 3. The van der Waals surface area contributed by atoms with Crippen molar-refractivity contribution in [3.63, 3.8) is 0 Å². The third-order valence-corrected chi connectivity index (χ3v) is 5.26. The van der Waals surface area contributed by atoms with Gasteiger partial charge in [-0.05, 0) is 40.9 Å². The highest BCUT2D eigenvalue weighted by Gasteiger charge is 2.26. The Bertz CT molecular complexity index is 545. The minimum Gasteiger partial charge on any atom is -0.324 e. The summed E-state index contributed by atoms with van der Waals surface area (Å²) in [7, 11) is -3.90. The Morgan fingerprint density at radius 2 is 1.95 bits per heavy atom. The molecule has 0 atom stereocenters. The molecule has 0 bridgehead atoms. The molecule has 0 saturated heterocycles. The van der Waals surface area contributed by atoms with Crippen molar-refractivity contribution in [2.75, 3.05) is 6.54 Å². The summed E-state index contributed by atoms with van der Waals surface area (Å²) in [6.07, 6.45) is 1.26. The van der Waals surface area contributed by atoms with Crippen molar-refractivity contribution in [2.45, 2.75) is 37.1 Å². The molecule has 1 rings (SSSR count). The van der Waals surface area contributed by atoms with Crippen molar-refractivity contribution in [2.24, 2.45) is 5.73 Å². The predicted molar refractivity (Wildman–Crippen MR) is 76.8 cm³/mol. The Kier molecular flexibility index (Phi) is 5.49. The molecule has 0 radical (unpaired) electrons. The summed E-state index contributed by atoms with van der Waals surface area (Å²) in [5, 5.41) is 0. The molecule has 0 aromatic heterocycles. The van der Waals surface area contributed by atoms with Crippen LogP contribution >= 0.6 is 15.9 Å². The fourth-order valence-electron chi connectivity index (χ4n) is 1.51. The van der Waals surface area contributed by atoms with Crippen LogP contribution in [0.2, 0.25) is 0 Å². The van der Waals surface area contributed by atoms with E-state index in [0.29, 0.717) is 12.8 Å². The first-order valence-electron chi connectivity index (χ1n) is 5.98. The molecule has 1 aromatic rings. The molecule has 0 amide bonds. The van der Waals surface area contributed by atoms with Crippen molar-refractivity contribution in [1.82, 2.24) is 4.72 Å². The van der Waals surface area contributed by atoms with Gasteiger partial charge < -0.3 is 5.73 Å². The highest BCUT2D eigenvalue weighted by atomic mass is 79.9. The van der Waals surface area contributed by atoms with Crippen LogP contribution in [0.1, 0.15) is 26.7 Å². The number of nitrogens with one attached hydrogen (secondary N) is 1. The van der Waals surface area contributed by atoms with Gasteiger partial charge in [0.1, 0.15) is 4.90 Å². The van der Waals surface area contributed by atoms with Crippen LogP contribution in [0, 0.1) is 5.82 Å². The third-order valence-electron chi connectivity index (χ3n) is 3.23. The van der Waals surface area contributed by atoms with E-state index in [1.165, 1.54) is 18.2 Å². The van der Waals surface area contributed by atoms with Crippen LogP contribution in [-0.4, -0.2) is 20.5 Å². The zero-order chi connectivity index (χ0) is 14.7. The summed E-state index contributed by atoms with van der Waals surface area (Å²) in [5.74, 6) is -0.800. The first kappa shape index (κ1) is 16.6. The topological polar surface area (TPSA) is 72.2 Å². The fraction of sp³-hybridized carbons (Fsp3) is 0.500. The number of benzene rings is 1. The average Bonchev–Trinajstić information content (AvgIpc) is 2.39. The monoisotopic (exact) mass is 352 g/mol. The number of sulfonamides is 1. The van der Waals surface area contributed by atoms with Gasteiger partial charge in [-0.2, -0.15) is 0 Å². The Labute approximate surface area is 121 Å². The number of rotatable bonds is 6. The maximum Gasteiger partial charge on any atom is 0.243 e. The molecule has 0 unspecified atom stereocenters. The summed E-state index contributed by atoms with van der Waals surface area (Å²) >= 11 is 2.96. The number of nitrogens with two attached hydrogens (primary N) is 1. The zero-order valence-corrected chi connectivity index (χ0v) is 13.3. The highest BCUT2D eigenvalue weighted by Crippen LogP contribution is 2.22. The molecule has 0 aliphatic heterocycles. The van der Waals surface area contributed by atoms with Gasteiger partial charge in [-0.15, -0.1) is 0 Å². The molecule has 0 spiro atoms. The van der Waals surface area contributed by atoms with Crippen molar-refractivity contribution >= 4 is 26.0 Å². The van der Waals surface area contributed by atoms with Crippen LogP contribution < -0.4 is 10.5 Å².